The van der Waals surface area contributed by atoms with Gasteiger partial charge in [0.05, 0.1) is 24.6 Å². The summed E-state index contributed by atoms with van der Waals surface area (Å²) in [4.78, 5) is 25.4. The standard InChI is InChI=1S/C15H26N2O4/c18-11-12-6-2-5-9-17(12)14(21)16-15(10-13(19)20)7-3-1-4-8-15/h12,18H,1-11H2,(H,16,21)(H,19,20). The van der Waals surface area contributed by atoms with Crippen molar-refractivity contribution in [1.29, 1.82) is 0 Å². The highest BCUT2D eigenvalue weighted by Crippen LogP contribution is 2.31. The van der Waals surface area contributed by atoms with Crippen LogP contribution >= 0.6 is 0 Å². The Labute approximate surface area is 125 Å². The number of carboxylic acid groups (broad SMARTS) is 1. The summed E-state index contributed by atoms with van der Waals surface area (Å²) in [5.41, 5.74) is -0.612. The highest BCUT2D eigenvalue weighted by molar-refractivity contribution is 5.77. The number of aliphatic hydroxyl groups is 1. The molecule has 21 heavy (non-hydrogen) atoms. The largest absolute Gasteiger partial charge is 0.481 e. The van der Waals surface area contributed by atoms with Gasteiger partial charge in [-0.2, -0.15) is 0 Å². The molecule has 0 radical (unpaired) electrons. The lowest BCUT2D eigenvalue weighted by molar-refractivity contribution is -0.139. The van der Waals surface area contributed by atoms with Crippen LogP contribution in [0.1, 0.15) is 57.8 Å². The Balaban J connectivity index is 2.04. The predicted octanol–water partition coefficient (Wildman–Crippen LogP) is 1.72. The first-order chi connectivity index (χ1) is 10.1. The molecule has 0 aromatic rings. The lowest BCUT2D eigenvalue weighted by atomic mass is 9.79. The molecule has 120 valence electrons. The molecule has 1 atom stereocenters. The van der Waals surface area contributed by atoms with E-state index in [1.807, 2.05) is 0 Å². The number of piperidine rings is 1. The van der Waals surface area contributed by atoms with E-state index in [-0.39, 0.29) is 25.1 Å². The number of urea groups is 1. The Morgan fingerprint density at radius 2 is 1.86 bits per heavy atom. The lowest BCUT2D eigenvalue weighted by Gasteiger charge is -2.41. The van der Waals surface area contributed by atoms with Crippen LogP contribution in [-0.4, -0.2) is 51.8 Å². The van der Waals surface area contributed by atoms with Crippen molar-refractivity contribution in [2.75, 3.05) is 13.2 Å². The van der Waals surface area contributed by atoms with E-state index < -0.39 is 11.5 Å². The number of aliphatic hydroxyl groups excluding tert-OH is 1. The van der Waals surface area contributed by atoms with Crippen molar-refractivity contribution in [3.05, 3.63) is 0 Å². The molecule has 1 unspecified atom stereocenters. The number of carbonyl (C=O) groups excluding carboxylic acids is 1. The normalized spacial score (nSPS) is 25.4. The fourth-order valence-corrected chi connectivity index (χ4v) is 3.62. The Kier molecular flexibility index (Phi) is 5.45. The number of amides is 2. The molecule has 1 saturated carbocycles. The van der Waals surface area contributed by atoms with Crippen LogP contribution in [0.5, 0.6) is 0 Å². The molecule has 0 spiro atoms. The minimum Gasteiger partial charge on any atom is -0.481 e. The highest BCUT2D eigenvalue weighted by Gasteiger charge is 2.38. The summed E-state index contributed by atoms with van der Waals surface area (Å²) >= 11 is 0. The van der Waals surface area contributed by atoms with Gasteiger partial charge in [0.1, 0.15) is 0 Å². The molecular weight excluding hydrogens is 272 g/mol. The molecule has 1 aliphatic carbocycles. The van der Waals surface area contributed by atoms with Crippen LogP contribution in [0.3, 0.4) is 0 Å². The third kappa shape index (κ3) is 4.09. The van der Waals surface area contributed by atoms with Crippen molar-refractivity contribution in [3.8, 4) is 0 Å². The molecule has 2 fully saturated rings. The monoisotopic (exact) mass is 298 g/mol. The van der Waals surface area contributed by atoms with Crippen LogP contribution in [0.4, 0.5) is 4.79 Å². The molecule has 2 aliphatic rings. The summed E-state index contributed by atoms with van der Waals surface area (Å²) in [5, 5.41) is 21.6. The van der Waals surface area contributed by atoms with Crippen molar-refractivity contribution in [2.24, 2.45) is 0 Å². The Morgan fingerprint density at radius 1 is 1.14 bits per heavy atom. The van der Waals surface area contributed by atoms with Crippen molar-refractivity contribution in [1.82, 2.24) is 10.2 Å². The first-order valence-electron chi connectivity index (χ1n) is 7.98. The van der Waals surface area contributed by atoms with Gasteiger partial charge >= 0.3 is 12.0 Å². The summed E-state index contributed by atoms with van der Waals surface area (Å²) in [6.45, 7) is 0.611. The molecule has 0 aromatic carbocycles. The maximum Gasteiger partial charge on any atom is 0.318 e. The Hall–Kier alpha value is -1.30. The summed E-state index contributed by atoms with van der Waals surface area (Å²) in [7, 11) is 0. The number of nitrogens with zero attached hydrogens (tertiary/aromatic N) is 1. The molecule has 2 rings (SSSR count). The molecule has 3 N–H and O–H groups in total. The third-order valence-corrected chi connectivity index (χ3v) is 4.77. The number of rotatable bonds is 4. The quantitative estimate of drug-likeness (QED) is 0.737. The topological polar surface area (TPSA) is 89.9 Å². The van der Waals surface area contributed by atoms with Crippen molar-refractivity contribution < 1.29 is 19.8 Å². The fourth-order valence-electron chi connectivity index (χ4n) is 3.62. The van der Waals surface area contributed by atoms with Gasteiger partial charge in [0.25, 0.3) is 0 Å². The zero-order valence-electron chi connectivity index (χ0n) is 12.5. The molecule has 0 aromatic heterocycles. The van der Waals surface area contributed by atoms with Gasteiger partial charge in [-0.25, -0.2) is 4.79 Å². The van der Waals surface area contributed by atoms with Crippen LogP contribution < -0.4 is 5.32 Å². The zero-order valence-corrected chi connectivity index (χ0v) is 12.5. The molecule has 0 bridgehead atoms. The number of carbonyl (C=O) groups is 2. The molecule has 6 heteroatoms. The molecule has 1 saturated heterocycles. The van der Waals surface area contributed by atoms with Crippen LogP contribution in [0.15, 0.2) is 0 Å². The van der Waals surface area contributed by atoms with E-state index in [9.17, 15) is 14.7 Å². The van der Waals surface area contributed by atoms with Gasteiger partial charge in [0.15, 0.2) is 0 Å². The fraction of sp³-hybridized carbons (Fsp3) is 0.867. The van der Waals surface area contributed by atoms with Crippen LogP contribution in [0.2, 0.25) is 0 Å². The second kappa shape index (κ2) is 7.11. The van der Waals surface area contributed by atoms with E-state index in [1.54, 1.807) is 4.90 Å². The van der Waals surface area contributed by atoms with Gasteiger partial charge in [-0.05, 0) is 32.1 Å². The van der Waals surface area contributed by atoms with Gasteiger partial charge in [-0.1, -0.05) is 19.3 Å². The van der Waals surface area contributed by atoms with E-state index in [0.29, 0.717) is 6.54 Å². The summed E-state index contributed by atoms with van der Waals surface area (Å²) in [5.74, 6) is -0.866. The van der Waals surface area contributed by atoms with Crippen LogP contribution in [-0.2, 0) is 4.79 Å². The lowest BCUT2D eigenvalue weighted by Crippen LogP contribution is -2.58. The summed E-state index contributed by atoms with van der Waals surface area (Å²) in [6.07, 6.45) is 7.22. The second-order valence-corrected chi connectivity index (χ2v) is 6.37. The third-order valence-electron chi connectivity index (χ3n) is 4.77. The molecule has 1 aliphatic heterocycles. The first kappa shape index (κ1) is 16.1. The van der Waals surface area contributed by atoms with Gasteiger partial charge in [0.2, 0.25) is 0 Å². The van der Waals surface area contributed by atoms with Gasteiger partial charge in [-0.3, -0.25) is 4.79 Å². The minimum absolute atomic E-state index is 0.0175. The minimum atomic E-state index is -0.866. The summed E-state index contributed by atoms with van der Waals surface area (Å²) < 4.78 is 0. The highest BCUT2D eigenvalue weighted by atomic mass is 16.4. The Morgan fingerprint density at radius 3 is 2.48 bits per heavy atom. The average molecular weight is 298 g/mol. The van der Waals surface area contributed by atoms with E-state index in [1.165, 1.54) is 0 Å². The summed E-state index contributed by atoms with van der Waals surface area (Å²) in [6, 6.07) is -0.346. The van der Waals surface area contributed by atoms with Gasteiger partial charge in [0, 0.05) is 6.54 Å². The van der Waals surface area contributed by atoms with E-state index >= 15 is 0 Å². The number of carboxylic acids is 1. The number of hydrogen-bond donors (Lipinski definition) is 3. The SMILES string of the molecule is O=C(O)CC1(NC(=O)N2CCCCC2CO)CCCCC1. The smallest absolute Gasteiger partial charge is 0.318 e. The van der Waals surface area contributed by atoms with Crippen molar-refractivity contribution in [3.63, 3.8) is 0 Å². The molecule has 1 heterocycles. The van der Waals surface area contributed by atoms with E-state index in [4.69, 9.17) is 5.11 Å². The Bertz CT molecular complexity index is 380. The van der Waals surface area contributed by atoms with Gasteiger partial charge in [-0.15, -0.1) is 0 Å². The van der Waals surface area contributed by atoms with Gasteiger partial charge < -0.3 is 20.4 Å². The number of likely N-dealkylation sites (tertiary alicyclic amines) is 1. The maximum atomic E-state index is 12.5. The molecule has 2 amide bonds. The van der Waals surface area contributed by atoms with Crippen LogP contribution in [0.25, 0.3) is 0 Å². The number of nitrogens with one attached hydrogen (secondary N) is 1. The maximum absolute atomic E-state index is 12.5. The van der Waals surface area contributed by atoms with Crippen molar-refractivity contribution >= 4 is 12.0 Å². The van der Waals surface area contributed by atoms with Crippen molar-refractivity contribution in [2.45, 2.75) is 69.4 Å². The number of hydrogen-bond acceptors (Lipinski definition) is 3. The zero-order chi connectivity index (χ0) is 15.3. The van der Waals surface area contributed by atoms with Crippen LogP contribution in [0, 0.1) is 0 Å². The molecular formula is C15H26N2O4. The second-order valence-electron chi connectivity index (χ2n) is 6.37. The van der Waals surface area contributed by atoms with E-state index in [0.717, 1.165) is 51.4 Å². The van der Waals surface area contributed by atoms with E-state index in [2.05, 4.69) is 5.32 Å². The molecule has 6 nitrogen and oxygen atoms in total. The average Bonchev–Trinajstić information content (AvgIpc) is 2.47. The number of aliphatic carboxylic acids is 1. The first-order valence-corrected chi connectivity index (χ1v) is 7.98. The predicted molar refractivity (Wildman–Crippen MR) is 78.0 cm³/mol.